The molecule has 9 heteroatoms. The van der Waals surface area contributed by atoms with Crippen LogP contribution in [0.15, 0.2) is 0 Å². The van der Waals surface area contributed by atoms with Crippen LogP contribution >= 0.6 is 0 Å². The van der Waals surface area contributed by atoms with Gasteiger partial charge in [0.15, 0.2) is 12.2 Å². The second kappa shape index (κ2) is 7.81. The van der Waals surface area contributed by atoms with E-state index < -0.39 is 54.3 Å². The van der Waals surface area contributed by atoms with Gasteiger partial charge in [0.25, 0.3) is 0 Å². The highest BCUT2D eigenvalue weighted by Crippen LogP contribution is 2.34. The van der Waals surface area contributed by atoms with E-state index in [0.29, 0.717) is 6.54 Å². The molecule has 9 nitrogen and oxygen atoms in total. The zero-order valence-electron chi connectivity index (χ0n) is 14.7. The summed E-state index contributed by atoms with van der Waals surface area (Å²) in [6.07, 6.45) is -2.28. The quantitative estimate of drug-likeness (QED) is 0.499. The van der Waals surface area contributed by atoms with E-state index in [0.717, 1.165) is 0 Å². The van der Waals surface area contributed by atoms with E-state index in [4.69, 9.17) is 18.9 Å². The Bertz CT molecular complexity index is 562. The van der Waals surface area contributed by atoms with Gasteiger partial charge in [0.05, 0.1) is 6.04 Å². The van der Waals surface area contributed by atoms with Crippen molar-refractivity contribution in [1.82, 2.24) is 4.90 Å². The second-order valence-electron chi connectivity index (χ2n) is 6.28. The molecule has 25 heavy (non-hydrogen) atoms. The number of rotatable bonds is 4. The fourth-order valence-electron chi connectivity index (χ4n) is 3.57. The Kier molecular flexibility index (Phi) is 5.99. The molecule has 0 aliphatic carbocycles. The smallest absolute Gasteiger partial charge is 0.303 e. The number of ether oxygens (including phenoxy) is 4. The third-order valence-electron chi connectivity index (χ3n) is 4.12. The maximum absolute atomic E-state index is 11.5. The van der Waals surface area contributed by atoms with E-state index in [1.807, 2.05) is 4.90 Å². The van der Waals surface area contributed by atoms with E-state index in [1.54, 1.807) is 0 Å². The monoisotopic (exact) mass is 357 g/mol. The molecule has 5 atom stereocenters. The molecule has 0 aromatic heterocycles. The Balaban J connectivity index is 2.26. The topological polar surface area (TPSA) is 108 Å². The van der Waals surface area contributed by atoms with Crippen LogP contribution in [0.1, 0.15) is 34.1 Å². The summed E-state index contributed by atoms with van der Waals surface area (Å²) < 4.78 is 21.3. The second-order valence-corrected chi connectivity index (χ2v) is 6.28. The minimum Gasteiger partial charge on any atom is -0.461 e. The first kappa shape index (κ1) is 19.2. The number of carbonyl (C=O) groups is 4. The van der Waals surface area contributed by atoms with Crippen molar-refractivity contribution in [3.63, 3.8) is 0 Å². The summed E-state index contributed by atoms with van der Waals surface area (Å²) in [6.45, 7) is 5.78. The van der Waals surface area contributed by atoms with Crippen LogP contribution < -0.4 is 0 Å². The first-order valence-corrected chi connectivity index (χ1v) is 8.10. The van der Waals surface area contributed by atoms with Crippen LogP contribution in [0.3, 0.4) is 0 Å². The lowest BCUT2D eigenvalue weighted by atomic mass is 9.94. The van der Waals surface area contributed by atoms with Gasteiger partial charge in [0.2, 0.25) is 0 Å². The maximum atomic E-state index is 11.5. The summed E-state index contributed by atoms with van der Waals surface area (Å²) >= 11 is 0. The van der Waals surface area contributed by atoms with E-state index in [1.165, 1.54) is 27.7 Å². The highest BCUT2D eigenvalue weighted by Gasteiger charge is 2.54. The molecule has 2 rings (SSSR count). The SMILES string of the molecule is CC(=O)OC1CC(OC(C)=O)C2[C@H](OC(C)=O)C(OC(C)=O)CN2C1. The van der Waals surface area contributed by atoms with Crippen LogP contribution in [-0.4, -0.2) is 72.3 Å². The number of carbonyl (C=O) groups excluding carboxylic acids is 4. The number of fused-ring (bicyclic) bond motifs is 1. The molecular weight excluding hydrogens is 334 g/mol. The first-order chi connectivity index (χ1) is 11.7. The molecule has 2 fully saturated rings. The van der Waals surface area contributed by atoms with Gasteiger partial charge in [-0.15, -0.1) is 0 Å². The van der Waals surface area contributed by atoms with Gasteiger partial charge in [-0.1, -0.05) is 0 Å². The van der Waals surface area contributed by atoms with Crippen LogP contribution in [0.2, 0.25) is 0 Å². The van der Waals surface area contributed by atoms with Gasteiger partial charge in [-0.2, -0.15) is 0 Å². The van der Waals surface area contributed by atoms with E-state index >= 15 is 0 Å². The Hall–Kier alpha value is -2.16. The zero-order chi connectivity index (χ0) is 18.7. The fraction of sp³-hybridized carbons (Fsp3) is 0.750. The molecule has 0 radical (unpaired) electrons. The Labute approximate surface area is 145 Å². The third-order valence-corrected chi connectivity index (χ3v) is 4.12. The summed E-state index contributed by atoms with van der Waals surface area (Å²) in [5.74, 6) is -1.95. The Morgan fingerprint density at radius 2 is 1.24 bits per heavy atom. The van der Waals surface area contributed by atoms with Crippen LogP contribution in [0.4, 0.5) is 0 Å². The fourth-order valence-corrected chi connectivity index (χ4v) is 3.57. The number of hydrogen-bond acceptors (Lipinski definition) is 9. The van der Waals surface area contributed by atoms with Gasteiger partial charge in [-0.25, -0.2) is 0 Å². The Morgan fingerprint density at radius 1 is 0.720 bits per heavy atom. The van der Waals surface area contributed by atoms with Crippen molar-refractivity contribution in [1.29, 1.82) is 0 Å². The molecule has 0 bridgehead atoms. The lowest BCUT2D eigenvalue weighted by Gasteiger charge is -2.40. The van der Waals surface area contributed by atoms with Crippen molar-refractivity contribution >= 4 is 23.9 Å². The molecule has 2 aliphatic rings. The largest absolute Gasteiger partial charge is 0.461 e. The predicted octanol–water partition coefficient (Wildman–Crippen LogP) is -0.199. The van der Waals surface area contributed by atoms with Gasteiger partial charge in [0.1, 0.15) is 12.2 Å². The van der Waals surface area contributed by atoms with Crippen LogP contribution in [0.5, 0.6) is 0 Å². The summed E-state index contributed by atoms with van der Waals surface area (Å²) in [7, 11) is 0. The molecule has 0 N–H and O–H groups in total. The van der Waals surface area contributed by atoms with Gasteiger partial charge in [-0.05, 0) is 0 Å². The van der Waals surface area contributed by atoms with Gasteiger partial charge in [-0.3, -0.25) is 24.1 Å². The van der Waals surface area contributed by atoms with Crippen molar-refractivity contribution in [3.8, 4) is 0 Å². The molecule has 0 aromatic carbocycles. The maximum Gasteiger partial charge on any atom is 0.303 e. The van der Waals surface area contributed by atoms with Gasteiger partial charge in [0, 0.05) is 47.2 Å². The van der Waals surface area contributed by atoms with Crippen molar-refractivity contribution in [2.45, 2.75) is 64.6 Å². The molecule has 2 heterocycles. The number of hydrogen-bond donors (Lipinski definition) is 0. The minimum atomic E-state index is -0.760. The van der Waals surface area contributed by atoms with Crippen molar-refractivity contribution < 1.29 is 38.1 Å². The summed E-state index contributed by atoms with van der Waals surface area (Å²) in [5.41, 5.74) is 0. The minimum absolute atomic E-state index is 0.283. The van der Waals surface area contributed by atoms with Gasteiger partial charge < -0.3 is 18.9 Å². The van der Waals surface area contributed by atoms with Crippen LogP contribution in [0, 0.1) is 0 Å². The zero-order valence-corrected chi connectivity index (χ0v) is 14.7. The molecule has 140 valence electrons. The molecule has 0 amide bonds. The highest BCUT2D eigenvalue weighted by molar-refractivity contribution is 5.68. The lowest BCUT2D eigenvalue weighted by molar-refractivity contribution is -0.174. The molecule has 4 unspecified atom stereocenters. The summed E-state index contributed by atoms with van der Waals surface area (Å²) in [4.78, 5) is 47.5. The third kappa shape index (κ3) is 4.91. The average Bonchev–Trinajstić information content (AvgIpc) is 2.73. The molecule has 2 saturated heterocycles. The van der Waals surface area contributed by atoms with E-state index in [2.05, 4.69) is 0 Å². The normalized spacial score (nSPS) is 31.6. The van der Waals surface area contributed by atoms with Gasteiger partial charge >= 0.3 is 23.9 Å². The van der Waals surface area contributed by atoms with Crippen LogP contribution in [0.25, 0.3) is 0 Å². The highest BCUT2D eigenvalue weighted by atomic mass is 16.6. The van der Waals surface area contributed by atoms with Crippen molar-refractivity contribution in [2.24, 2.45) is 0 Å². The molecular formula is C16H23NO8. The predicted molar refractivity (Wildman–Crippen MR) is 82.2 cm³/mol. The Morgan fingerprint density at radius 3 is 1.76 bits per heavy atom. The number of piperidine rings is 1. The lowest BCUT2D eigenvalue weighted by Crippen LogP contribution is -2.56. The molecule has 0 saturated carbocycles. The standard InChI is InChI=1S/C16H23NO8/c1-8(18)22-12-5-13(23-9(2)19)15-16(25-11(4)21)14(24-10(3)20)7-17(15)6-12/h12-16H,5-7H2,1-4H3/t12?,13?,14?,15?,16-/m1/s1. The van der Waals surface area contributed by atoms with Crippen molar-refractivity contribution in [2.75, 3.05) is 13.1 Å². The van der Waals surface area contributed by atoms with E-state index in [-0.39, 0.29) is 13.0 Å². The average molecular weight is 357 g/mol. The summed E-state index contributed by atoms with van der Waals surface area (Å²) in [5, 5.41) is 0. The number of nitrogens with zero attached hydrogens (tertiary/aromatic N) is 1. The molecule has 2 aliphatic heterocycles. The summed E-state index contributed by atoms with van der Waals surface area (Å²) in [6, 6.07) is -0.469. The molecule has 0 aromatic rings. The number of esters is 4. The van der Waals surface area contributed by atoms with Crippen molar-refractivity contribution in [3.05, 3.63) is 0 Å². The molecule has 0 spiro atoms. The van der Waals surface area contributed by atoms with E-state index in [9.17, 15) is 19.2 Å². The van der Waals surface area contributed by atoms with Crippen LogP contribution in [-0.2, 0) is 38.1 Å². The first-order valence-electron chi connectivity index (χ1n) is 8.10.